The summed E-state index contributed by atoms with van der Waals surface area (Å²) >= 11 is 0. The number of rotatable bonds is 11. The number of nitrogens with one attached hydrogen (secondary N) is 1. The molecular weight excluding hydrogens is 399 g/mol. The van der Waals surface area contributed by atoms with Gasteiger partial charge in [0.2, 0.25) is 0 Å². The molecular formula is C23H39FN2O3Si. The summed E-state index contributed by atoms with van der Waals surface area (Å²) < 4.78 is 31.1. The monoisotopic (exact) mass is 438 g/mol. The van der Waals surface area contributed by atoms with Crippen LogP contribution in [0.1, 0.15) is 25.7 Å². The van der Waals surface area contributed by atoms with E-state index >= 15 is 0 Å². The summed E-state index contributed by atoms with van der Waals surface area (Å²) in [6, 6.07) is 7.04. The van der Waals surface area contributed by atoms with E-state index in [1.165, 1.54) is 12.1 Å². The Morgan fingerprint density at radius 3 is 2.50 bits per heavy atom. The Hall–Kier alpha value is -1.15. The number of halogens is 1. The highest BCUT2D eigenvalue weighted by atomic mass is 28.3. The van der Waals surface area contributed by atoms with Gasteiger partial charge in [-0.1, -0.05) is 19.6 Å². The minimum Gasteiger partial charge on any atom is -0.465 e. The van der Waals surface area contributed by atoms with Gasteiger partial charge >= 0.3 is 0 Å². The summed E-state index contributed by atoms with van der Waals surface area (Å²) in [5.74, 6) is 0.832. The summed E-state index contributed by atoms with van der Waals surface area (Å²) in [6.07, 6.45) is 4.58. The minimum absolute atomic E-state index is 0.161. The third-order valence-electron chi connectivity index (χ3n) is 6.23. The SMILES string of the molecule is CN[C@H]1CC[C@H](N(CC2COC2)c2ccc(F)cc2OCOCC[Si](C)(C)C)CC1. The molecule has 170 valence electrons. The molecule has 1 heterocycles. The van der Waals surface area contributed by atoms with Crippen molar-refractivity contribution in [2.24, 2.45) is 5.92 Å². The third-order valence-corrected chi connectivity index (χ3v) is 7.94. The molecule has 5 nitrogen and oxygen atoms in total. The molecule has 1 aliphatic carbocycles. The highest BCUT2D eigenvalue weighted by Crippen LogP contribution is 2.36. The zero-order valence-corrected chi connectivity index (χ0v) is 20.1. The van der Waals surface area contributed by atoms with Gasteiger partial charge in [-0.25, -0.2) is 4.39 Å². The topological polar surface area (TPSA) is 43.0 Å². The lowest BCUT2D eigenvalue weighted by molar-refractivity contribution is -0.0287. The Morgan fingerprint density at radius 1 is 1.17 bits per heavy atom. The van der Waals surface area contributed by atoms with Gasteiger partial charge in [0.15, 0.2) is 6.79 Å². The first-order valence-corrected chi connectivity index (χ1v) is 15.1. The zero-order chi connectivity index (χ0) is 21.6. The number of ether oxygens (including phenoxy) is 3. The largest absolute Gasteiger partial charge is 0.465 e. The summed E-state index contributed by atoms with van der Waals surface area (Å²) in [7, 11) is 0.906. The maximum absolute atomic E-state index is 14.1. The fourth-order valence-electron chi connectivity index (χ4n) is 4.17. The van der Waals surface area contributed by atoms with Crippen molar-refractivity contribution in [3.8, 4) is 5.75 Å². The Bertz CT molecular complexity index is 658. The lowest BCUT2D eigenvalue weighted by Gasteiger charge is -2.42. The normalized spacial score (nSPS) is 22.6. The van der Waals surface area contributed by atoms with Gasteiger partial charge in [-0.3, -0.25) is 0 Å². The lowest BCUT2D eigenvalue weighted by Crippen LogP contribution is -2.47. The zero-order valence-electron chi connectivity index (χ0n) is 19.1. The number of hydrogen-bond acceptors (Lipinski definition) is 5. The van der Waals surface area contributed by atoms with Crippen LogP contribution < -0.4 is 15.0 Å². The van der Waals surface area contributed by atoms with Crippen LogP contribution in [0.15, 0.2) is 18.2 Å². The number of hydrogen-bond donors (Lipinski definition) is 1. The molecule has 7 heteroatoms. The maximum Gasteiger partial charge on any atom is 0.189 e. The fraction of sp³-hybridized carbons (Fsp3) is 0.739. The molecule has 3 rings (SSSR count). The summed E-state index contributed by atoms with van der Waals surface area (Å²) in [4.78, 5) is 2.44. The minimum atomic E-state index is -1.14. The molecule has 0 radical (unpaired) electrons. The van der Waals surface area contributed by atoms with E-state index in [0.29, 0.717) is 30.4 Å². The smallest absolute Gasteiger partial charge is 0.189 e. The van der Waals surface area contributed by atoms with E-state index in [0.717, 1.165) is 57.2 Å². The summed E-state index contributed by atoms with van der Waals surface area (Å²) in [5, 5.41) is 3.41. The third kappa shape index (κ3) is 6.94. The molecule has 1 aliphatic heterocycles. The lowest BCUT2D eigenvalue weighted by atomic mass is 9.89. The highest BCUT2D eigenvalue weighted by Gasteiger charge is 2.31. The maximum atomic E-state index is 14.1. The quantitative estimate of drug-likeness (QED) is 0.313. The molecule has 2 aliphatic rings. The first-order valence-electron chi connectivity index (χ1n) is 11.4. The molecule has 0 unspecified atom stereocenters. The van der Waals surface area contributed by atoms with Crippen LogP contribution in [0, 0.1) is 11.7 Å². The van der Waals surface area contributed by atoms with E-state index in [9.17, 15) is 4.39 Å². The average molecular weight is 439 g/mol. The predicted molar refractivity (Wildman–Crippen MR) is 123 cm³/mol. The highest BCUT2D eigenvalue weighted by molar-refractivity contribution is 6.76. The molecule has 0 amide bonds. The molecule has 1 aromatic carbocycles. The molecule has 1 saturated carbocycles. The number of benzene rings is 1. The molecule has 1 aromatic rings. The van der Waals surface area contributed by atoms with Crippen LogP contribution >= 0.6 is 0 Å². The number of anilines is 1. The van der Waals surface area contributed by atoms with E-state index in [1.54, 1.807) is 0 Å². The standard InChI is InChI=1S/C23H39FN2O3Si/c1-25-20-6-8-21(9-7-20)26(14-18-15-28-16-18)22-10-5-19(24)13-23(22)29-17-27-11-12-30(2,3)4/h5,10,13,18,20-21,25H,6-9,11-12,14-17H2,1-4H3/t20-,21-. The molecule has 1 saturated heterocycles. The van der Waals surface area contributed by atoms with Crippen LogP contribution in [0.5, 0.6) is 5.75 Å². The van der Waals surface area contributed by atoms with Gasteiger partial charge in [0.1, 0.15) is 11.6 Å². The molecule has 2 fully saturated rings. The fourth-order valence-corrected chi connectivity index (χ4v) is 4.93. The van der Waals surface area contributed by atoms with Crippen LogP contribution in [0.3, 0.4) is 0 Å². The van der Waals surface area contributed by atoms with Crippen molar-refractivity contribution >= 4 is 13.8 Å². The van der Waals surface area contributed by atoms with Crippen molar-refractivity contribution in [1.29, 1.82) is 0 Å². The van der Waals surface area contributed by atoms with E-state index in [1.807, 2.05) is 13.1 Å². The second-order valence-electron chi connectivity index (χ2n) is 9.94. The van der Waals surface area contributed by atoms with Crippen LogP contribution in [-0.4, -0.2) is 60.4 Å². The van der Waals surface area contributed by atoms with Gasteiger partial charge in [-0.2, -0.15) is 0 Å². The second kappa shape index (κ2) is 10.9. The van der Waals surface area contributed by atoms with Gasteiger partial charge in [-0.15, -0.1) is 0 Å². The molecule has 0 bridgehead atoms. The first kappa shape index (κ1) is 23.5. The van der Waals surface area contributed by atoms with Gasteiger partial charge in [0.05, 0.1) is 18.9 Å². The van der Waals surface area contributed by atoms with Crippen molar-refractivity contribution in [3.63, 3.8) is 0 Å². The van der Waals surface area contributed by atoms with Crippen LogP contribution in [0.2, 0.25) is 25.7 Å². The molecule has 0 atom stereocenters. The van der Waals surface area contributed by atoms with Gasteiger partial charge in [0, 0.05) is 45.3 Å². The Kier molecular flexibility index (Phi) is 8.57. The van der Waals surface area contributed by atoms with Gasteiger partial charge in [0.25, 0.3) is 0 Å². The van der Waals surface area contributed by atoms with E-state index < -0.39 is 8.07 Å². The summed E-state index contributed by atoms with van der Waals surface area (Å²) in [5.41, 5.74) is 0.977. The van der Waals surface area contributed by atoms with Crippen molar-refractivity contribution in [2.75, 3.05) is 45.1 Å². The van der Waals surface area contributed by atoms with Crippen molar-refractivity contribution in [1.82, 2.24) is 5.32 Å². The van der Waals surface area contributed by atoms with Gasteiger partial charge < -0.3 is 24.4 Å². The molecule has 1 N–H and O–H groups in total. The second-order valence-corrected chi connectivity index (χ2v) is 15.6. The average Bonchev–Trinajstić information content (AvgIpc) is 2.67. The van der Waals surface area contributed by atoms with Crippen LogP contribution in [0.25, 0.3) is 0 Å². The Morgan fingerprint density at radius 2 is 1.90 bits per heavy atom. The van der Waals surface area contributed by atoms with Crippen LogP contribution in [-0.2, 0) is 9.47 Å². The van der Waals surface area contributed by atoms with Crippen molar-refractivity contribution in [3.05, 3.63) is 24.0 Å². The van der Waals surface area contributed by atoms with E-state index in [2.05, 4.69) is 29.9 Å². The van der Waals surface area contributed by atoms with E-state index in [-0.39, 0.29) is 12.6 Å². The number of nitrogens with zero attached hydrogens (tertiary/aromatic N) is 1. The predicted octanol–water partition coefficient (Wildman–Crippen LogP) is 4.50. The van der Waals surface area contributed by atoms with Crippen molar-refractivity contribution in [2.45, 2.75) is 63.5 Å². The Balaban J connectivity index is 1.68. The molecule has 0 aromatic heterocycles. The Labute approximate surface area is 182 Å². The van der Waals surface area contributed by atoms with Crippen molar-refractivity contribution < 1.29 is 18.6 Å². The molecule has 0 spiro atoms. The van der Waals surface area contributed by atoms with Gasteiger partial charge in [-0.05, 0) is 50.9 Å². The van der Waals surface area contributed by atoms with Crippen LogP contribution in [0.4, 0.5) is 10.1 Å². The molecule has 30 heavy (non-hydrogen) atoms. The summed E-state index contributed by atoms with van der Waals surface area (Å²) in [6.45, 7) is 10.4. The first-order chi connectivity index (χ1) is 14.4. The van der Waals surface area contributed by atoms with E-state index in [4.69, 9.17) is 14.2 Å².